The van der Waals surface area contributed by atoms with Gasteiger partial charge in [0.25, 0.3) is 0 Å². The van der Waals surface area contributed by atoms with E-state index in [2.05, 4.69) is 40.1 Å². The second-order valence-electron chi connectivity index (χ2n) is 12.7. The van der Waals surface area contributed by atoms with Crippen molar-refractivity contribution in [1.82, 2.24) is 9.80 Å². The number of methoxy groups -OCH3 is 1. The molecule has 41 heavy (non-hydrogen) atoms. The maximum atomic E-state index is 12.5. The Morgan fingerprint density at radius 3 is 2.29 bits per heavy atom. The van der Waals surface area contributed by atoms with Crippen LogP contribution in [0.2, 0.25) is 0 Å². The quantitative estimate of drug-likeness (QED) is 0.327. The summed E-state index contributed by atoms with van der Waals surface area (Å²) in [5.74, 6) is 1.02. The molecule has 1 N–H and O–H groups in total. The highest BCUT2D eigenvalue weighted by Crippen LogP contribution is 2.38. The first-order valence-electron chi connectivity index (χ1n) is 15.9. The maximum absolute atomic E-state index is 12.5. The minimum Gasteiger partial charge on any atom is -0.480 e. The number of aliphatic carboxylic acids is 1. The SMILES string of the molecule is COC(=O)c1ccc(CCCC2CCN(C[C@H]3CN([C@@H](C(=O)O)C4CCCCC4)C[C@@H]3c3ccccc3)CC2)cc1. The zero-order chi connectivity index (χ0) is 28.6. The van der Waals surface area contributed by atoms with Gasteiger partial charge >= 0.3 is 11.9 Å². The van der Waals surface area contributed by atoms with Crippen LogP contribution >= 0.6 is 0 Å². The Kier molecular flexibility index (Phi) is 10.5. The predicted octanol–water partition coefficient (Wildman–Crippen LogP) is 6.26. The van der Waals surface area contributed by atoms with Gasteiger partial charge in [0.1, 0.15) is 6.04 Å². The van der Waals surface area contributed by atoms with Crippen molar-refractivity contribution in [2.24, 2.45) is 17.8 Å². The summed E-state index contributed by atoms with van der Waals surface area (Å²) < 4.78 is 4.80. The van der Waals surface area contributed by atoms with Crippen molar-refractivity contribution in [1.29, 1.82) is 0 Å². The zero-order valence-corrected chi connectivity index (χ0v) is 24.8. The average molecular weight is 561 g/mol. The number of hydrogen-bond donors (Lipinski definition) is 1. The molecule has 2 aromatic rings. The van der Waals surface area contributed by atoms with E-state index in [1.807, 2.05) is 24.3 Å². The molecule has 3 atom stereocenters. The number of esters is 1. The Bertz CT molecular complexity index is 1110. The molecule has 2 aromatic carbocycles. The second kappa shape index (κ2) is 14.5. The van der Waals surface area contributed by atoms with E-state index >= 15 is 0 Å². The first-order valence-corrected chi connectivity index (χ1v) is 15.9. The first kappa shape index (κ1) is 29.8. The molecule has 1 saturated carbocycles. The van der Waals surface area contributed by atoms with Crippen LogP contribution in [-0.4, -0.2) is 72.7 Å². The minimum absolute atomic E-state index is 0.283. The number of piperidine rings is 1. The van der Waals surface area contributed by atoms with Gasteiger partial charge < -0.3 is 14.7 Å². The van der Waals surface area contributed by atoms with Gasteiger partial charge in [0.05, 0.1) is 12.7 Å². The maximum Gasteiger partial charge on any atom is 0.337 e. The topological polar surface area (TPSA) is 70.1 Å². The highest BCUT2D eigenvalue weighted by atomic mass is 16.5. The van der Waals surface area contributed by atoms with E-state index in [0.29, 0.717) is 17.4 Å². The summed E-state index contributed by atoms with van der Waals surface area (Å²) >= 11 is 0. The van der Waals surface area contributed by atoms with E-state index in [-0.39, 0.29) is 17.9 Å². The second-order valence-corrected chi connectivity index (χ2v) is 12.7. The lowest BCUT2D eigenvalue weighted by molar-refractivity contribution is -0.145. The molecule has 5 rings (SSSR count). The van der Waals surface area contributed by atoms with Gasteiger partial charge in [0.15, 0.2) is 0 Å². The third kappa shape index (κ3) is 7.78. The molecular formula is C35H48N2O4. The molecule has 0 aromatic heterocycles. The monoisotopic (exact) mass is 560 g/mol. The molecule has 2 heterocycles. The van der Waals surface area contributed by atoms with Gasteiger partial charge in [-0.2, -0.15) is 0 Å². The molecule has 0 radical (unpaired) electrons. The lowest BCUT2D eigenvalue weighted by atomic mass is 9.83. The van der Waals surface area contributed by atoms with Crippen molar-refractivity contribution in [3.8, 4) is 0 Å². The fourth-order valence-corrected chi connectivity index (χ4v) is 7.81. The Hall–Kier alpha value is -2.70. The smallest absolute Gasteiger partial charge is 0.337 e. The third-order valence-corrected chi connectivity index (χ3v) is 10.1. The van der Waals surface area contributed by atoms with Gasteiger partial charge in [-0.3, -0.25) is 9.69 Å². The van der Waals surface area contributed by atoms with Gasteiger partial charge in [-0.1, -0.05) is 68.1 Å². The molecule has 1 aliphatic carbocycles. The summed E-state index contributed by atoms with van der Waals surface area (Å²) in [6.07, 6.45) is 11.7. The van der Waals surface area contributed by atoms with Crippen molar-refractivity contribution in [2.45, 2.75) is 76.2 Å². The summed E-state index contributed by atoms with van der Waals surface area (Å²) in [5, 5.41) is 10.3. The van der Waals surface area contributed by atoms with Crippen LogP contribution in [0.5, 0.6) is 0 Å². The largest absolute Gasteiger partial charge is 0.480 e. The molecule has 222 valence electrons. The number of nitrogens with zero attached hydrogens (tertiary/aromatic N) is 2. The molecule has 0 spiro atoms. The molecular weight excluding hydrogens is 512 g/mol. The lowest BCUT2D eigenvalue weighted by Gasteiger charge is -2.35. The van der Waals surface area contributed by atoms with Gasteiger partial charge in [0, 0.05) is 25.6 Å². The number of hydrogen-bond acceptors (Lipinski definition) is 5. The van der Waals surface area contributed by atoms with E-state index in [4.69, 9.17) is 4.74 Å². The van der Waals surface area contributed by atoms with Crippen molar-refractivity contribution in [3.05, 3.63) is 71.3 Å². The van der Waals surface area contributed by atoms with Gasteiger partial charge in [-0.05, 0) is 92.6 Å². The van der Waals surface area contributed by atoms with Crippen LogP contribution in [0.15, 0.2) is 54.6 Å². The number of aryl methyl sites for hydroxylation is 1. The minimum atomic E-state index is -0.621. The van der Waals surface area contributed by atoms with Crippen LogP contribution in [0.25, 0.3) is 0 Å². The number of benzene rings is 2. The van der Waals surface area contributed by atoms with Crippen LogP contribution in [0.3, 0.4) is 0 Å². The highest BCUT2D eigenvalue weighted by molar-refractivity contribution is 5.89. The van der Waals surface area contributed by atoms with E-state index < -0.39 is 5.97 Å². The Labute approximate surface area is 246 Å². The molecule has 2 saturated heterocycles. The molecule has 0 amide bonds. The lowest BCUT2D eigenvalue weighted by Crippen LogP contribution is -2.46. The van der Waals surface area contributed by atoms with Crippen LogP contribution in [0, 0.1) is 17.8 Å². The summed E-state index contributed by atoms with van der Waals surface area (Å²) in [5.41, 5.74) is 3.25. The van der Waals surface area contributed by atoms with Crippen molar-refractivity contribution in [2.75, 3.05) is 39.8 Å². The molecule has 0 bridgehead atoms. The molecule has 2 aliphatic heterocycles. The normalized spacial score (nSPS) is 23.8. The van der Waals surface area contributed by atoms with E-state index in [1.165, 1.54) is 63.2 Å². The number of carboxylic acids is 1. The van der Waals surface area contributed by atoms with Crippen molar-refractivity contribution >= 4 is 11.9 Å². The van der Waals surface area contributed by atoms with E-state index in [0.717, 1.165) is 57.9 Å². The van der Waals surface area contributed by atoms with Crippen molar-refractivity contribution in [3.63, 3.8) is 0 Å². The van der Waals surface area contributed by atoms with Gasteiger partial charge in [-0.25, -0.2) is 4.79 Å². The van der Waals surface area contributed by atoms with E-state index in [9.17, 15) is 14.7 Å². The predicted molar refractivity (Wildman–Crippen MR) is 162 cm³/mol. The highest BCUT2D eigenvalue weighted by Gasteiger charge is 2.43. The number of carbonyl (C=O) groups is 2. The summed E-state index contributed by atoms with van der Waals surface area (Å²) in [6, 6.07) is 18.3. The number of likely N-dealkylation sites (tertiary alicyclic amines) is 2. The standard InChI is InChI=1S/C35H48N2O4/c1-41-35(40)30-17-15-26(16-18-30)9-8-10-27-19-21-36(22-20-27)23-31-24-37(25-32(31)28-11-4-2-5-12-28)33(34(38)39)29-13-6-3-7-14-29/h2,4-5,11-12,15-18,27,29,31-33H,3,6-10,13-14,19-25H2,1H3,(H,38,39)/t31-,32+,33+/m0/s1. The summed E-state index contributed by atoms with van der Waals surface area (Å²) in [6.45, 7) is 5.09. The average Bonchev–Trinajstić information content (AvgIpc) is 3.41. The van der Waals surface area contributed by atoms with E-state index in [1.54, 1.807) is 0 Å². The van der Waals surface area contributed by atoms with Crippen LogP contribution in [-0.2, 0) is 16.0 Å². The zero-order valence-electron chi connectivity index (χ0n) is 24.8. The molecule has 3 fully saturated rings. The van der Waals surface area contributed by atoms with Gasteiger partial charge in [-0.15, -0.1) is 0 Å². The van der Waals surface area contributed by atoms with Crippen LogP contribution in [0.1, 0.15) is 85.2 Å². The number of rotatable bonds is 11. The van der Waals surface area contributed by atoms with Crippen molar-refractivity contribution < 1.29 is 19.4 Å². The molecule has 6 nitrogen and oxygen atoms in total. The molecule has 6 heteroatoms. The molecule has 0 unspecified atom stereocenters. The Balaban J connectivity index is 1.13. The third-order valence-electron chi connectivity index (χ3n) is 10.1. The number of carboxylic acid groups (broad SMARTS) is 1. The van der Waals surface area contributed by atoms with Crippen LogP contribution < -0.4 is 0 Å². The number of ether oxygens (including phenoxy) is 1. The number of carbonyl (C=O) groups excluding carboxylic acids is 1. The molecule has 3 aliphatic rings. The Morgan fingerprint density at radius 2 is 1.63 bits per heavy atom. The fourth-order valence-electron chi connectivity index (χ4n) is 7.81. The summed E-state index contributed by atoms with van der Waals surface area (Å²) in [7, 11) is 1.42. The first-order chi connectivity index (χ1) is 20.0. The van der Waals surface area contributed by atoms with Gasteiger partial charge in [0.2, 0.25) is 0 Å². The van der Waals surface area contributed by atoms with Crippen LogP contribution in [0.4, 0.5) is 0 Å². The summed E-state index contributed by atoms with van der Waals surface area (Å²) in [4.78, 5) is 29.2. The Morgan fingerprint density at radius 1 is 0.927 bits per heavy atom. The fraction of sp³-hybridized carbons (Fsp3) is 0.600.